The minimum atomic E-state index is -0.835. The Balaban J connectivity index is 0.000000980. The molecule has 0 aromatic heterocycles. The summed E-state index contributed by atoms with van der Waals surface area (Å²) in [5, 5.41) is 11.0. The van der Waals surface area contributed by atoms with Crippen molar-refractivity contribution in [3.63, 3.8) is 0 Å². The van der Waals surface area contributed by atoms with Gasteiger partial charge in [-0.25, -0.2) is 0 Å². The van der Waals surface area contributed by atoms with Gasteiger partial charge in [0.05, 0.1) is 0 Å². The second-order valence-corrected chi connectivity index (χ2v) is 5.48. The number of hydrogen-bond acceptors (Lipinski definition) is 2. The van der Waals surface area contributed by atoms with Crippen LogP contribution in [0.5, 0.6) is 0 Å². The molecule has 0 heterocycles. The summed E-state index contributed by atoms with van der Waals surface area (Å²) in [7, 11) is 0. The zero-order valence-electron chi connectivity index (χ0n) is 9.59. The van der Waals surface area contributed by atoms with Crippen molar-refractivity contribution in [1.29, 1.82) is 0 Å². The molecule has 3 atom stereocenters. The summed E-state index contributed by atoms with van der Waals surface area (Å²) >= 11 is 0. The summed E-state index contributed by atoms with van der Waals surface area (Å²) in [6.07, 6.45) is 3.10. The van der Waals surface area contributed by atoms with Crippen LogP contribution in [0, 0.1) is 22.7 Å². The molecule has 14 heavy (non-hydrogen) atoms. The largest absolute Gasteiger partial charge is 1.00 e. The van der Waals surface area contributed by atoms with Crippen molar-refractivity contribution >= 4 is 5.97 Å². The molecule has 2 nitrogen and oxygen atoms in total. The molecule has 2 aliphatic rings. The zero-order valence-corrected chi connectivity index (χ0v) is 11.6. The number of rotatable bonds is 1. The zero-order chi connectivity index (χ0) is 9.85. The first kappa shape index (κ1) is 12.5. The molecule has 2 bridgehead atoms. The van der Waals surface area contributed by atoms with E-state index >= 15 is 0 Å². The normalized spacial score (nSPS) is 43.4. The van der Waals surface area contributed by atoms with Crippen molar-refractivity contribution in [1.82, 2.24) is 0 Å². The van der Waals surface area contributed by atoms with E-state index in [0.29, 0.717) is 5.92 Å². The van der Waals surface area contributed by atoms with E-state index in [0.717, 1.165) is 12.8 Å². The third-order valence-electron chi connectivity index (χ3n) is 5.08. The first-order chi connectivity index (χ1) is 5.89. The van der Waals surface area contributed by atoms with Crippen molar-refractivity contribution in [2.45, 2.75) is 40.0 Å². The molecule has 74 valence electrons. The Labute approximate surface area is 108 Å². The molecular formula is C11H17NaO2. The van der Waals surface area contributed by atoms with Gasteiger partial charge in [0.2, 0.25) is 0 Å². The van der Waals surface area contributed by atoms with Gasteiger partial charge in [0.1, 0.15) is 0 Å². The molecule has 0 aromatic carbocycles. The van der Waals surface area contributed by atoms with Gasteiger partial charge in [-0.1, -0.05) is 20.8 Å². The molecular weight excluding hydrogens is 187 g/mol. The maximum absolute atomic E-state index is 11.0. The summed E-state index contributed by atoms with van der Waals surface area (Å²) in [5.74, 6) is -0.445. The van der Waals surface area contributed by atoms with Gasteiger partial charge in [-0.15, -0.1) is 0 Å². The van der Waals surface area contributed by atoms with Crippen molar-refractivity contribution in [3.05, 3.63) is 0 Å². The molecule has 0 N–H and O–H groups in total. The Morgan fingerprint density at radius 2 is 1.93 bits per heavy atom. The molecule has 0 spiro atoms. The third kappa shape index (κ3) is 1.30. The Morgan fingerprint density at radius 1 is 1.36 bits per heavy atom. The van der Waals surface area contributed by atoms with Crippen LogP contribution in [0.4, 0.5) is 0 Å². The Bertz CT molecular complexity index is 262. The van der Waals surface area contributed by atoms with Gasteiger partial charge >= 0.3 is 29.6 Å². The van der Waals surface area contributed by atoms with Gasteiger partial charge in [0.15, 0.2) is 0 Å². The molecule has 3 heteroatoms. The second-order valence-electron chi connectivity index (χ2n) is 5.48. The maximum atomic E-state index is 11.0. The number of carboxylic acid groups (broad SMARTS) is 1. The fourth-order valence-corrected chi connectivity index (χ4v) is 3.56. The van der Waals surface area contributed by atoms with Gasteiger partial charge in [-0.3, -0.25) is 0 Å². The molecule has 2 aliphatic carbocycles. The predicted octanol–water partition coefficient (Wildman–Crippen LogP) is -1.80. The van der Waals surface area contributed by atoms with Crippen LogP contribution in [-0.4, -0.2) is 5.97 Å². The van der Waals surface area contributed by atoms with Crippen LogP contribution < -0.4 is 34.7 Å². The van der Waals surface area contributed by atoms with E-state index < -0.39 is 5.97 Å². The smallest absolute Gasteiger partial charge is 0.550 e. The number of fused-ring (bicyclic) bond motifs is 2. The minimum Gasteiger partial charge on any atom is -0.550 e. The van der Waals surface area contributed by atoms with Crippen LogP contribution in [0.1, 0.15) is 40.0 Å². The SMILES string of the molecule is CC1(C)C2CCC1(C)C(C(=O)[O-])C2.[Na+]. The van der Waals surface area contributed by atoms with E-state index in [4.69, 9.17) is 0 Å². The number of aliphatic carboxylic acids is 1. The van der Waals surface area contributed by atoms with E-state index in [2.05, 4.69) is 20.8 Å². The summed E-state index contributed by atoms with van der Waals surface area (Å²) in [6.45, 7) is 6.56. The van der Waals surface area contributed by atoms with E-state index in [9.17, 15) is 9.90 Å². The molecule has 2 fully saturated rings. The van der Waals surface area contributed by atoms with E-state index in [-0.39, 0.29) is 46.3 Å². The van der Waals surface area contributed by atoms with E-state index in [1.165, 1.54) is 6.42 Å². The number of carboxylic acids is 1. The summed E-state index contributed by atoms with van der Waals surface area (Å²) < 4.78 is 0. The van der Waals surface area contributed by atoms with E-state index in [1.807, 2.05) is 0 Å². The number of carbonyl (C=O) groups excluding carboxylic acids is 1. The van der Waals surface area contributed by atoms with Crippen LogP contribution in [-0.2, 0) is 4.79 Å². The fraction of sp³-hybridized carbons (Fsp3) is 0.909. The van der Waals surface area contributed by atoms with Crippen LogP contribution >= 0.6 is 0 Å². The molecule has 0 amide bonds. The van der Waals surface area contributed by atoms with Crippen LogP contribution in [0.25, 0.3) is 0 Å². The molecule has 3 unspecified atom stereocenters. The van der Waals surface area contributed by atoms with Gasteiger partial charge in [-0.05, 0) is 36.0 Å². The molecule has 2 rings (SSSR count). The van der Waals surface area contributed by atoms with Gasteiger partial charge in [0.25, 0.3) is 0 Å². The standard InChI is InChI=1S/C11H18O2.Na/c1-10(2)7-4-5-11(10,3)8(6-7)9(12)13;/h7-8H,4-6H2,1-3H3,(H,12,13);/q;+1/p-1. The van der Waals surface area contributed by atoms with Gasteiger partial charge < -0.3 is 9.90 Å². The number of hydrogen-bond donors (Lipinski definition) is 0. The summed E-state index contributed by atoms with van der Waals surface area (Å²) in [6, 6.07) is 0. The second kappa shape index (κ2) is 3.50. The molecule has 0 aromatic rings. The maximum Gasteiger partial charge on any atom is 1.00 e. The summed E-state index contributed by atoms with van der Waals surface area (Å²) in [4.78, 5) is 11.0. The van der Waals surface area contributed by atoms with Gasteiger partial charge in [-0.2, -0.15) is 0 Å². The predicted molar refractivity (Wildman–Crippen MR) is 47.7 cm³/mol. The van der Waals surface area contributed by atoms with Crippen LogP contribution in [0.2, 0.25) is 0 Å². The Kier molecular flexibility index (Phi) is 3.13. The topological polar surface area (TPSA) is 40.1 Å². The van der Waals surface area contributed by atoms with Crippen LogP contribution in [0.3, 0.4) is 0 Å². The van der Waals surface area contributed by atoms with Gasteiger partial charge in [0, 0.05) is 11.9 Å². The monoisotopic (exact) mass is 204 g/mol. The molecule has 0 radical (unpaired) electrons. The number of carbonyl (C=O) groups is 1. The van der Waals surface area contributed by atoms with E-state index in [1.54, 1.807) is 0 Å². The Hall–Kier alpha value is 0.470. The van der Waals surface area contributed by atoms with Crippen molar-refractivity contribution in [2.75, 3.05) is 0 Å². The molecule has 0 aliphatic heterocycles. The fourth-order valence-electron chi connectivity index (χ4n) is 3.56. The Morgan fingerprint density at radius 3 is 2.14 bits per heavy atom. The van der Waals surface area contributed by atoms with Crippen molar-refractivity contribution in [3.8, 4) is 0 Å². The van der Waals surface area contributed by atoms with Crippen molar-refractivity contribution in [2.24, 2.45) is 22.7 Å². The first-order valence-electron chi connectivity index (χ1n) is 5.10. The first-order valence-corrected chi connectivity index (χ1v) is 5.10. The summed E-state index contributed by atoms with van der Waals surface area (Å²) in [5.41, 5.74) is 0.175. The van der Waals surface area contributed by atoms with Crippen molar-refractivity contribution < 1.29 is 39.5 Å². The minimum absolute atomic E-state index is 0. The third-order valence-corrected chi connectivity index (χ3v) is 5.08. The average molecular weight is 204 g/mol. The quantitative estimate of drug-likeness (QED) is 0.473. The molecule has 0 saturated heterocycles. The average Bonchev–Trinajstić information content (AvgIpc) is 2.34. The van der Waals surface area contributed by atoms with Crippen LogP contribution in [0.15, 0.2) is 0 Å². The molecule has 2 saturated carbocycles.